The molecule has 0 bridgehead atoms. The van der Waals surface area contributed by atoms with Crippen LogP contribution in [0.5, 0.6) is 0 Å². The number of rotatable bonds is 6. The summed E-state index contributed by atoms with van der Waals surface area (Å²) in [6.45, 7) is 3.52. The fourth-order valence-corrected chi connectivity index (χ4v) is 2.13. The van der Waals surface area contributed by atoms with Crippen molar-refractivity contribution < 1.29 is 23.1 Å². The quantitative estimate of drug-likeness (QED) is 0.596. The van der Waals surface area contributed by atoms with Crippen molar-refractivity contribution in [2.24, 2.45) is 0 Å². The van der Waals surface area contributed by atoms with Gasteiger partial charge in [0.1, 0.15) is 11.6 Å². The van der Waals surface area contributed by atoms with Gasteiger partial charge in [0.05, 0.1) is 23.2 Å². The van der Waals surface area contributed by atoms with Gasteiger partial charge in [0, 0.05) is 6.07 Å². The zero-order valence-electron chi connectivity index (χ0n) is 10.6. The Morgan fingerprint density at radius 2 is 2.05 bits per heavy atom. The van der Waals surface area contributed by atoms with Crippen molar-refractivity contribution in [3.8, 4) is 0 Å². The summed E-state index contributed by atoms with van der Waals surface area (Å²) in [6.07, 6.45) is 0. The third-order valence-corrected chi connectivity index (χ3v) is 3.44. The molecule has 1 unspecified atom stereocenters. The number of Topliss-reactive ketones (excluding diaryl/α,β-unsaturated/α-hetero) is 1. The van der Waals surface area contributed by atoms with E-state index in [-0.39, 0.29) is 17.9 Å². The summed E-state index contributed by atoms with van der Waals surface area (Å²) in [7, 11) is 0. The lowest BCUT2D eigenvalue weighted by atomic mass is 10.1. The molecule has 1 rings (SSSR count). The Hall–Kier alpha value is -1.43. The van der Waals surface area contributed by atoms with Crippen molar-refractivity contribution in [1.29, 1.82) is 0 Å². The molecule has 6 heteroatoms. The number of halogens is 2. The van der Waals surface area contributed by atoms with Gasteiger partial charge in [-0.05, 0) is 26.0 Å². The molecule has 0 aliphatic rings. The fourth-order valence-electron chi connectivity index (χ4n) is 1.38. The number of thioether (sulfide) groups is 1. The van der Waals surface area contributed by atoms with Gasteiger partial charge in [-0.15, -0.1) is 11.8 Å². The second-order valence-corrected chi connectivity index (χ2v) is 5.08. The van der Waals surface area contributed by atoms with Crippen LogP contribution in [0.4, 0.5) is 8.78 Å². The smallest absolute Gasteiger partial charge is 0.315 e. The minimum Gasteiger partial charge on any atom is -0.465 e. The van der Waals surface area contributed by atoms with Crippen molar-refractivity contribution in [2.75, 3.05) is 12.4 Å². The van der Waals surface area contributed by atoms with Crippen LogP contribution in [0.2, 0.25) is 0 Å². The molecule has 0 saturated heterocycles. The highest BCUT2D eigenvalue weighted by molar-refractivity contribution is 8.01. The van der Waals surface area contributed by atoms with E-state index in [1.54, 1.807) is 13.8 Å². The van der Waals surface area contributed by atoms with E-state index in [2.05, 4.69) is 0 Å². The molecule has 0 spiro atoms. The van der Waals surface area contributed by atoms with E-state index in [1.165, 1.54) is 0 Å². The second-order valence-electron chi connectivity index (χ2n) is 3.75. The molecule has 0 amide bonds. The predicted molar refractivity (Wildman–Crippen MR) is 69.2 cm³/mol. The lowest BCUT2D eigenvalue weighted by Gasteiger charge is -2.10. The summed E-state index contributed by atoms with van der Waals surface area (Å²) in [5.41, 5.74) is -0.176. The van der Waals surface area contributed by atoms with Crippen molar-refractivity contribution in [3.05, 3.63) is 35.4 Å². The number of hydrogen-bond acceptors (Lipinski definition) is 4. The normalized spacial score (nSPS) is 12.0. The van der Waals surface area contributed by atoms with E-state index in [1.807, 2.05) is 0 Å². The van der Waals surface area contributed by atoms with Crippen molar-refractivity contribution in [1.82, 2.24) is 0 Å². The topological polar surface area (TPSA) is 43.4 Å². The average Bonchev–Trinajstić information content (AvgIpc) is 2.35. The van der Waals surface area contributed by atoms with E-state index in [0.29, 0.717) is 6.07 Å². The maximum absolute atomic E-state index is 13.4. The summed E-state index contributed by atoms with van der Waals surface area (Å²) in [6, 6.07) is 2.80. The maximum Gasteiger partial charge on any atom is 0.315 e. The summed E-state index contributed by atoms with van der Waals surface area (Å²) in [5, 5.41) is -0.607. The van der Waals surface area contributed by atoms with Gasteiger partial charge in [0.2, 0.25) is 0 Å². The van der Waals surface area contributed by atoms with Crippen LogP contribution in [0.1, 0.15) is 24.2 Å². The Balaban J connectivity index is 2.64. The van der Waals surface area contributed by atoms with E-state index in [0.717, 1.165) is 23.9 Å². The SMILES string of the molecule is CCOC(=O)CSC(C)C(=O)c1ccc(F)cc1F. The molecule has 0 aliphatic carbocycles. The van der Waals surface area contributed by atoms with Crippen LogP contribution >= 0.6 is 11.8 Å². The molecule has 0 radical (unpaired) electrons. The van der Waals surface area contributed by atoms with Crippen molar-refractivity contribution >= 4 is 23.5 Å². The first-order valence-electron chi connectivity index (χ1n) is 5.72. The molecular formula is C13H14F2O3S. The van der Waals surface area contributed by atoms with Crippen LogP contribution < -0.4 is 0 Å². The molecule has 1 atom stereocenters. The molecule has 0 aromatic heterocycles. The zero-order chi connectivity index (χ0) is 14.4. The second kappa shape index (κ2) is 7.23. The third-order valence-electron chi connectivity index (χ3n) is 2.32. The van der Waals surface area contributed by atoms with Crippen LogP contribution in [0, 0.1) is 11.6 Å². The number of esters is 1. The molecule has 0 saturated carbocycles. The average molecular weight is 288 g/mol. The number of ketones is 1. The standard InChI is InChI=1S/C13H14F2O3S/c1-3-18-12(16)7-19-8(2)13(17)10-5-4-9(14)6-11(10)15/h4-6,8H,3,7H2,1-2H3. The molecule has 19 heavy (non-hydrogen) atoms. The fraction of sp³-hybridized carbons (Fsp3) is 0.385. The number of carbonyl (C=O) groups is 2. The lowest BCUT2D eigenvalue weighted by molar-refractivity contribution is -0.139. The first kappa shape index (κ1) is 15.6. The highest BCUT2D eigenvalue weighted by Gasteiger charge is 2.20. The molecule has 3 nitrogen and oxygen atoms in total. The van der Waals surface area contributed by atoms with Crippen molar-refractivity contribution in [2.45, 2.75) is 19.1 Å². The van der Waals surface area contributed by atoms with Gasteiger partial charge in [0.25, 0.3) is 0 Å². The molecule has 0 fully saturated rings. The summed E-state index contributed by atoms with van der Waals surface area (Å²) >= 11 is 1.06. The molecule has 104 valence electrons. The summed E-state index contributed by atoms with van der Waals surface area (Å²) in [5.74, 6) is -2.52. The Kier molecular flexibility index (Phi) is 5.95. The summed E-state index contributed by atoms with van der Waals surface area (Å²) < 4.78 is 30.9. The number of benzene rings is 1. The number of ether oxygens (including phenoxy) is 1. The van der Waals surface area contributed by atoms with Gasteiger partial charge < -0.3 is 4.74 Å². The van der Waals surface area contributed by atoms with Crippen LogP contribution in [0.3, 0.4) is 0 Å². The summed E-state index contributed by atoms with van der Waals surface area (Å²) in [4.78, 5) is 23.1. The molecule has 1 aromatic rings. The number of hydrogen-bond donors (Lipinski definition) is 0. The number of carbonyl (C=O) groups excluding carboxylic acids is 2. The van der Waals surface area contributed by atoms with Gasteiger partial charge in [-0.2, -0.15) is 0 Å². The van der Waals surface area contributed by atoms with Gasteiger partial charge in [-0.3, -0.25) is 9.59 Å². The Morgan fingerprint density at radius 1 is 1.37 bits per heavy atom. The highest BCUT2D eigenvalue weighted by atomic mass is 32.2. The van der Waals surface area contributed by atoms with Crippen LogP contribution in [-0.4, -0.2) is 29.4 Å². The van der Waals surface area contributed by atoms with Crippen LogP contribution in [0.15, 0.2) is 18.2 Å². The van der Waals surface area contributed by atoms with E-state index in [4.69, 9.17) is 4.74 Å². The molecule has 1 aromatic carbocycles. The maximum atomic E-state index is 13.4. The molecule has 0 N–H and O–H groups in total. The van der Waals surface area contributed by atoms with Crippen LogP contribution in [0.25, 0.3) is 0 Å². The van der Waals surface area contributed by atoms with Crippen molar-refractivity contribution in [3.63, 3.8) is 0 Å². The minimum atomic E-state index is -0.895. The van der Waals surface area contributed by atoms with Crippen LogP contribution in [-0.2, 0) is 9.53 Å². The zero-order valence-corrected chi connectivity index (χ0v) is 11.4. The molecule has 0 aliphatic heterocycles. The van der Waals surface area contributed by atoms with Gasteiger partial charge >= 0.3 is 5.97 Å². The van der Waals surface area contributed by atoms with Gasteiger partial charge in [-0.25, -0.2) is 8.78 Å². The van der Waals surface area contributed by atoms with E-state index in [9.17, 15) is 18.4 Å². The first-order chi connectivity index (χ1) is 8.95. The third kappa shape index (κ3) is 4.63. The predicted octanol–water partition coefficient (Wildman–Crippen LogP) is 2.83. The highest BCUT2D eigenvalue weighted by Crippen LogP contribution is 2.19. The minimum absolute atomic E-state index is 0.0174. The van der Waals surface area contributed by atoms with E-state index < -0.39 is 28.6 Å². The Morgan fingerprint density at radius 3 is 2.63 bits per heavy atom. The van der Waals surface area contributed by atoms with E-state index >= 15 is 0 Å². The van der Waals surface area contributed by atoms with Gasteiger partial charge in [-0.1, -0.05) is 0 Å². The first-order valence-corrected chi connectivity index (χ1v) is 6.77. The largest absolute Gasteiger partial charge is 0.465 e. The molecule has 0 heterocycles. The monoisotopic (exact) mass is 288 g/mol. The van der Waals surface area contributed by atoms with Gasteiger partial charge in [0.15, 0.2) is 5.78 Å². The Bertz CT molecular complexity index is 477. The molecular weight excluding hydrogens is 274 g/mol. The Labute approximate surface area is 114 Å². The lowest BCUT2D eigenvalue weighted by Crippen LogP contribution is -2.18.